The zero-order chi connectivity index (χ0) is 14.0. The number of nitrogens with one attached hydrogen (secondary N) is 1. The molecule has 1 aliphatic rings. The molecule has 4 nitrogen and oxygen atoms in total. The zero-order valence-electron chi connectivity index (χ0n) is 12.8. The minimum atomic E-state index is 0.110. The van der Waals surface area contributed by atoms with Gasteiger partial charge in [0.15, 0.2) is 5.82 Å². The molecule has 19 heavy (non-hydrogen) atoms. The van der Waals surface area contributed by atoms with Crippen molar-refractivity contribution >= 4 is 5.82 Å². The van der Waals surface area contributed by atoms with Gasteiger partial charge in [-0.25, -0.2) is 0 Å². The van der Waals surface area contributed by atoms with Crippen LogP contribution in [0.15, 0.2) is 12.1 Å². The summed E-state index contributed by atoms with van der Waals surface area (Å²) >= 11 is 0. The maximum absolute atomic E-state index is 4.32. The van der Waals surface area contributed by atoms with Crippen LogP contribution in [0, 0.1) is 11.8 Å². The molecule has 0 amide bonds. The van der Waals surface area contributed by atoms with Crippen molar-refractivity contribution in [2.45, 2.75) is 46.2 Å². The number of anilines is 1. The maximum Gasteiger partial charge on any atom is 0.150 e. The van der Waals surface area contributed by atoms with E-state index in [0.29, 0.717) is 0 Å². The number of nitrogens with zero attached hydrogens (tertiary/aromatic N) is 3. The molecule has 4 heteroatoms. The number of hydrogen-bond donors (Lipinski definition) is 1. The molecule has 1 heterocycles. The lowest BCUT2D eigenvalue weighted by molar-refractivity contribution is 0.420. The molecular weight excluding hydrogens is 236 g/mol. The quantitative estimate of drug-likeness (QED) is 0.885. The molecule has 1 fully saturated rings. The smallest absolute Gasteiger partial charge is 0.150 e. The maximum atomic E-state index is 4.32. The van der Waals surface area contributed by atoms with E-state index < -0.39 is 0 Å². The highest BCUT2D eigenvalue weighted by molar-refractivity contribution is 5.36. The van der Waals surface area contributed by atoms with E-state index >= 15 is 0 Å². The van der Waals surface area contributed by atoms with Crippen molar-refractivity contribution in [1.29, 1.82) is 0 Å². The Morgan fingerprint density at radius 2 is 2.00 bits per heavy atom. The molecule has 0 aliphatic heterocycles. The topological polar surface area (TPSA) is 41.0 Å². The first-order valence-electron chi connectivity index (χ1n) is 7.14. The Kier molecular flexibility index (Phi) is 4.09. The van der Waals surface area contributed by atoms with Gasteiger partial charge in [0.2, 0.25) is 0 Å². The van der Waals surface area contributed by atoms with Crippen LogP contribution in [-0.2, 0) is 6.54 Å². The summed E-state index contributed by atoms with van der Waals surface area (Å²) in [6.45, 7) is 10.6. The van der Waals surface area contributed by atoms with Crippen molar-refractivity contribution in [1.82, 2.24) is 15.5 Å². The molecular formula is C15H26N4. The normalized spacial score (nSPS) is 22.4. The summed E-state index contributed by atoms with van der Waals surface area (Å²) in [7, 11) is 2.10. The van der Waals surface area contributed by atoms with Crippen molar-refractivity contribution < 1.29 is 0 Å². The lowest BCUT2D eigenvalue weighted by atomic mass is 10.1. The minimum Gasteiger partial charge on any atom is -0.358 e. The van der Waals surface area contributed by atoms with Gasteiger partial charge in [-0.05, 0) is 51.2 Å². The second-order valence-electron chi connectivity index (χ2n) is 6.84. The van der Waals surface area contributed by atoms with Crippen LogP contribution in [-0.4, -0.2) is 29.3 Å². The highest BCUT2D eigenvalue weighted by Crippen LogP contribution is 2.38. The average Bonchev–Trinajstić information content (AvgIpc) is 3.02. The Labute approximate surface area is 116 Å². The van der Waals surface area contributed by atoms with Gasteiger partial charge in [0, 0.05) is 25.7 Å². The first-order chi connectivity index (χ1) is 8.85. The van der Waals surface area contributed by atoms with Crippen LogP contribution in [0.1, 0.15) is 39.8 Å². The monoisotopic (exact) mass is 262 g/mol. The molecule has 0 spiro atoms. The fourth-order valence-electron chi connectivity index (χ4n) is 2.11. The molecule has 1 aromatic rings. The predicted molar refractivity (Wildman–Crippen MR) is 79.2 cm³/mol. The van der Waals surface area contributed by atoms with E-state index in [9.17, 15) is 0 Å². The van der Waals surface area contributed by atoms with Crippen LogP contribution < -0.4 is 10.2 Å². The second-order valence-corrected chi connectivity index (χ2v) is 6.84. The van der Waals surface area contributed by atoms with Gasteiger partial charge in [-0.15, -0.1) is 5.10 Å². The van der Waals surface area contributed by atoms with Crippen molar-refractivity contribution in [3.05, 3.63) is 17.8 Å². The molecule has 2 atom stereocenters. The SMILES string of the molecule is CC1CC1CN(C)c1ccc(CNC(C)(C)C)nn1. The summed E-state index contributed by atoms with van der Waals surface area (Å²) in [5.74, 6) is 2.69. The van der Waals surface area contributed by atoms with E-state index in [0.717, 1.165) is 36.4 Å². The molecule has 0 radical (unpaired) electrons. The molecule has 0 aromatic carbocycles. The number of rotatable bonds is 5. The molecule has 1 aromatic heterocycles. The van der Waals surface area contributed by atoms with Crippen LogP contribution in [0.5, 0.6) is 0 Å². The first kappa shape index (κ1) is 14.3. The van der Waals surface area contributed by atoms with E-state index in [1.54, 1.807) is 0 Å². The van der Waals surface area contributed by atoms with E-state index in [-0.39, 0.29) is 5.54 Å². The molecule has 2 unspecified atom stereocenters. The minimum absolute atomic E-state index is 0.110. The number of hydrogen-bond acceptors (Lipinski definition) is 4. The predicted octanol–water partition coefficient (Wildman–Crippen LogP) is 2.46. The largest absolute Gasteiger partial charge is 0.358 e. The van der Waals surface area contributed by atoms with E-state index in [1.807, 2.05) is 0 Å². The summed E-state index contributed by atoms with van der Waals surface area (Å²) in [5.41, 5.74) is 1.10. The van der Waals surface area contributed by atoms with Crippen molar-refractivity contribution in [2.24, 2.45) is 11.8 Å². The van der Waals surface area contributed by atoms with Gasteiger partial charge < -0.3 is 10.2 Å². The van der Waals surface area contributed by atoms with Gasteiger partial charge in [0.1, 0.15) is 0 Å². The summed E-state index contributed by atoms with van der Waals surface area (Å²) in [4.78, 5) is 2.21. The molecule has 1 N–H and O–H groups in total. The van der Waals surface area contributed by atoms with E-state index in [4.69, 9.17) is 0 Å². The van der Waals surface area contributed by atoms with Crippen molar-refractivity contribution in [2.75, 3.05) is 18.5 Å². The summed E-state index contributed by atoms with van der Waals surface area (Å²) in [6.07, 6.45) is 1.35. The Morgan fingerprint density at radius 3 is 2.47 bits per heavy atom. The van der Waals surface area contributed by atoms with Crippen LogP contribution in [0.25, 0.3) is 0 Å². The first-order valence-corrected chi connectivity index (χ1v) is 7.14. The zero-order valence-corrected chi connectivity index (χ0v) is 12.8. The molecule has 1 aliphatic carbocycles. The second kappa shape index (κ2) is 5.45. The molecule has 1 saturated carbocycles. The van der Waals surface area contributed by atoms with E-state index in [1.165, 1.54) is 6.42 Å². The lowest BCUT2D eigenvalue weighted by Gasteiger charge is -2.20. The van der Waals surface area contributed by atoms with Gasteiger partial charge in [-0.1, -0.05) is 6.92 Å². The average molecular weight is 262 g/mol. The Bertz CT molecular complexity index is 407. The Balaban J connectivity index is 1.87. The third-order valence-electron chi connectivity index (χ3n) is 3.68. The van der Waals surface area contributed by atoms with Crippen LogP contribution in [0.4, 0.5) is 5.82 Å². The van der Waals surface area contributed by atoms with Gasteiger partial charge in [0.05, 0.1) is 5.69 Å². The molecule has 106 valence electrons. The fraction of sp³-hybridized carbons (Fsp3) is 0.733. The van der Waals surface area contributed by atoms with Gasteiger partial charge >= 0.3 is 0 Å². The van der Waals surface area contributed by atoms with Crippen molar-refractivity contribution in [3.8, 4) is 0 Å². The fourth-order valence-corrected chi connectivity index (χ4v) is 2.11. The third-order valence-corrected chi connectivity index (χ3v) is 3.68. The Hall–Kier alpha value is -1.16. The highest BCUT2D eigenvalue weighted by Gasteiger charge is 2.33. The summed E-state index contributed by atoms with van der Waals surface area (Å²) < 4.78 is 0. The van der Waals surface area contributed by atoms with Crippen molar-refractivity contribution in [3.63, 3.8) is 0 Å². The molecule has 2 rings (SSSR count). The Morgan fingerprint density at radius 1 is 1.32 bits per heavy atom. The highest BCUT2D eigenvalue weighted by atomic mass is 15.2. The van der Waals surface area contributed by atoms with Crippen LogP contribution >= 0.6 is 0 Å². The molecule has 0 bridgehead atoms. The van der Waals surface area contributed by atoms with Gasteiger partial charge in [-0.3, -0.25) is 0 Å². The van der Waals surface area contributed by atoms with Gasteiger partial charge in [-0.2, -0.15) is 5.10 Å². The molecule has 0 saturated heterocycles. The summed E-state index contributed by atoms with van der Waals surface area (Å²) in [5, 5.41) is 12.0. The van der Waals surface area contributed by atoms with Crippen LogP contribution in [0.3, 0.4) is 0 Å². The third kappa shape index (κ3) is 4.46. The standard InChI is InChI=1S/C15H26N4/c1-11-8-12(11)10-19(5)14-7-6-13(17-18-14)9-16-15(2,3)4/h6-7,11-12,16H,8-10H2,1-5H3. The van der Waals surface area contributed by atoms with Crippen LogP contribution in [0.2, 0.25) is 0 Å². The number of aromatic nitrogens is 2. The summed E-state index contributed by atoms with van der Waals surface area (Å²) in [6, 6.07) is 4.13. The van der Waals surface area contributed by atoms with Gasteiger partial charge in [0.25, 0.3) is 0 Å². The lowest BCUT2D eigenvalue weighted by Crippen LogP contribution is -2.35. The van der Waals surface area contributed by atoms with E-state index in [2.05, 4.69) is 67.3 Å².